The Hall–Kier alpha value is -0.570. The van der Waals surface area contributed by atoms with E-state index in [1.54, 1.807) is 0 Å². The molecule has 1 aliphatic heterocycles. The molecule has 1 heterocycles. The van der Waals surface area contributed by atoms with Gasteiger partial charge < -0.3 is 4.90 Å². The van der Waals surface area contributed by atoms with Crippen LogP contribution in [0.5, 0.6) is 0 Å². The Morgan fingerprint density at radius 1 is 1.33 bits per heavy atom. The van der Waals surface area contributed by atoms with Crippen LogP contribution in [0.25, 0.3) is 0 Å². The highest BCUT2D eigenvalue weighted by Gasteiger charge is 2.41. The van der Waals surface area contributed by atoms with Crippen LogP contribution in [0, 0.1) is 5.41 Å². The van der Waals surface area contributed by atoms with Crippen molar-refractivity contribution in [3.05, 3.63) is 0 Å². The molecular weight excluding hydrogens is 224 g/mol. The van der Waals surface area contributed by atoms with Gasteiger partial charge in [0.15, 0.2) is 0 Å². The minimum absolute atomic E-state index is 0.0616. The molecule has 1 saturated heterocycles. The second kappa shape index (κ2) is 5.60. The predicted molar refractivity (Wildman–Crippen MR) is 74.2 cm³/mol. The Morgan fingerprint density at radius 2 is 2.00 bits per heavy atom. The van der Waals surface area contributed by atoms with Crippen LogP contribution < -0.4 is 5.32 Å². The quantitative estimate of drug-likeness (QED) is 0.816. The van der Waals surface area contributed by atoms with Gasteiger partial charge in [-0.25, -0.2) is 0 Å². The highest BCUT2D eigenvalue weighted by atomic mass is 16.2. The van der Waals surface area contributed by atoms with Crippen molar-refractivity contribution in [1.82, 2.24) is 10.2 Å². The van der Waals surface area contributed by atoms with Crippen molar-refractivity contribution in [2.45, 2.75) is 77.9 Å². The van der Waals surface area contributed by atoms with Crippen molar-refractivity contribution >= 4 is 5.91 Å². The number of carbonyl (C=O) groups is 1. The molecule has 2 rings (SSSR count). The molecule has 3 nitrogen and oxygen atoms in total. The van der Waals surface area contributed by atoms with Gasteiger partial charge in [-0.3, -0.25) is 10.1 Å². The molecule has 1 N–H and O–H groups in total. The van der Waals surface area contributed by atoms with Crippen molar-refractivity contribution in [3.8, 4) is 0 Å². The minimum Gasteiger partial charge on any atom is -0.325 e. The van der Waals surface area contributed by atoms with Gasteiger partial charge in [0.2, 0.25) is 5.91 Å². The summed E-state index contributed by atoms with van der Waals surface area (Å²) in [5, 5.41) is 3.51. The van der Waals surface area contributed by atoms with Crippen LogP contribution in [0.2, 0.25) is 0 Å². The molecule has 3 heteroatoms. The number of carbonyl (C=O) groups excluding carboxylic acids is 1. The van der Waals surface area contributed by atoms with Crippen molar-refractivity contribution in [1.29, 1.82) is 0 Å². The summed E-state index contributed by atoms with van der Waals surface area (Å²) in [5.74, 6) is 0.337. The highest BCUT2D eigenvalue weighted by molar-refractivity contribution is 5.84. The van der Waals surface area contributed by atoms with Crippen molar-refractivity contribution in [2.24, 2.45) is 5.41 Å². The predicted octanol–water partition coefficient (Wildman–Crippen LogP) is 2.90. The van der Waals surface area contributed by atoms with Crippen LogP contribution >= 0.6 is 0 Å². The topological polar surface area (TPSA) is 32.3 Å². The molecule has 0 radical (unpaired) electrons. The van der Waals surface area contributed by atoms with E-state index in [0.717, 1.165) is 25.8 Å². The zero-order valence-electron chi connectivity index (χ0n) is 12.2. The van der Waals surface area contributed by atoms with Gasteiger partial charge in [-0.1, -0.05) is 40.0 Å². The molecule has 0 aromatic carbocycles. The van der Waals surface area contributed by atoms with Crippen molar-refractivity contribution < 1.29 is 4.79 Å². The fourth-order valence-corrected chi connectivity index (χ4v) is 3.54. The first-order chi connectivity index (χ1) is 8.59. The molecule has 0 aromatic rings. The number of hydrogen-bond acceptors (Lipinski definition) is 2. The lowest BCUT2D eigenvalue weighted by Crippen LogP contribution is -2.43. The van der Waals surface area contributed by atoms with E-state index >= 15 is 0 Å². The molecule has 0 aromatic heterocycles. The highest BCUT2D eigenvalue weighted by Crippen LogP contribution is 2.39. The van der Waals surface area contributed by atoms with Gasteiger partial charge in [0.25, 0.3) is 0 Å². The Labute approximate surface area is 111 Å². The van der Waals surface area contributed by atoms with Crippen LogP contribution in [-0.4, -0.2) is 29.6 Å². The zero-order valence-corrected chi connectivity index (χ0v) is 12.2. The molecule has 1 aliphatic carbocycles. The zero-order chi connectivity index (χ0) is 13.2. The van der Waals surface area contributed by atoms with E-state index in [4.69, 9.17) is 0 Å². The lowest BCUT2D eigenvalue weighted by atomic mass is 9.88. The summed E-state index contributed by atoms with van der Waals surface area (Å²) < 4.78 is 0. The summed E-state index contributed by atoms with van der Waals surface area (Å²) in [7, 11) is 0. The summed E-state index contributed by atoms with van der Waals surface area (Å²) in [5.41, 5.74) is 0.367. The van der Waals surface area contributed by atoms with Crippen LogP contribution in [-0.2, 0) is 4.79 Å². The van der Waals surface area contributed by atoms with Gasteiger partial charge in [-0.05, 0) is 31.1 Å². The number of nitrogens with one attached hydrogen (secondary N) is 1. The first kappa shape index (κ1) is 13.9. The van der Waals surface area contributed by atoms with Gasteiger partial charge in [0.05, 0.1) is 12.2 Å². The Morgan fingerprint density at radius 3 is 2.56 bits per heavy atom. The average Bonchev–Trinajstić information content (AvgIpc) is 2.89. The fraction of sp³-hybridized carbons (Fsp3) is 0.933. The van der Waals surface area contributed by atoms with E-state index in [-0.39, 0.29) is 12.2 Å². The van der Waals surface area contributed by atoms with Crippen LogP contribution in [0.1, 0.15) is 65.7 Å². The lowest BCUT2D eigenvalue weighted by Gasteiger charge is -2.33. The van der Waals surface area contributed by atoms with Crippen molar-refractivity contribution in [2.75, 3.05) is 6.54 Å². The maximum absolute atomic E-state index is 12.4. The smallest absolute Gasteiger partial charge is 0.241 e. The third-order valence-corrected chi connectivity index (χ3v) is 4.68. The van der Waals surface area contributed by atoms with Crippen molar-refractivity contribution in [3.63, 3.8) is 0 Å². The Balaban J connectivity index is 2.05. The molecule has 18 heavy (non-hydrogen) atoms. The molecule has 0 bridgehead atoms. The fourth-order valence-electron chi connectivity index (χ4n) is 3.54. The van der Waals surface area contributed by atoms with E-state index < -0.39 is 0 Å². The van der Waals surface area contributed by atoms with E-state index in [9.17, 15) is 4.79 Å². The van der Waals surface area contributed by atoms with Gasteiger partial charge >= 0.3 is 0 Å². The number of rotatable bonds is 5. The maximum atomic E-state index is 12.4. The summed E-state index contributed by atoms with van der Waals surface area (Å²) >= 11 is 0. The SMILES string of the molecule is CCCC1NC(CC)C(=O)N1CC1(C)CCCC1. The third-order valence-electron chi connectivity index (χ3n) is 4.68. The minimum atomic E-state index is 0.0616. The van der Waals surface area contributed by atoms with Crippen LogP contribution in [0.15, 0.2) is 0 Å². The monoisotopic (exact) mass is 252 g/mol. The second-order valence-corrected chi connectivity index (χ2v) is 6.42. The van der Waals surface area contributed by atoms with Crippen LogP contribution in [0.4, 0.5) is 0 Å². The van der Waals surface area contributed by atoms with Gasteiger partial charge in [-0.2, -0.15) is 0 Å². The average molecular weight is 252 g/mol. The lowest BCUT2D eigenvalue weighted by molar-refractivity contribution is -0.131. The Bertz CT molecular complexity index is 297. The summed E-state index contributed by atoms with van der Waals surface area (Å²) in [6.45, 7) is 7.61. The molecule has 2 fully saturated rings. The van der Waals surface area contributed by atoms with Gasteiger partial charge in [-0.15, -0.1) is 0 Å². The number of amides is 1. The van der Waals surface area contributed by atoms with E-state index in [0.29, 0.717) is 11.3 Å². The van der Waals surface area contributed by atoms with E-state index in [2.05, 4.69) is 31.0 Å². The largest absolute Gasteiger partial charge is 0.325 e. The number of nitrogens with zero attached hydrogens (tertiary/aromatic N) is 1. The molecule has 104 valence electrons. The summed E-state index contributed by atoms with van der Waals surface area (Å²) in [6, 6.07) is 0.0616. The third kappa shape index (κ3) is 2.71. The van der Waals surface area contributed by atoms with E-state index in [1.807, 2.05) is 0 Å². The van der Waals surface area contributed by atoms with Crippen LogP contribution in [0.3, 0.4) is 0 Å². The maximum Gasteiger partial charge on any atom is 0.241 e. The number of hydrogen-bond donors (Lipinski definition) is 1. The normalized spacial score (nSPS) is 31.3. The molecule has 1 saturated carbocycles. The molecule has 2 aliphatic rings. The standard InChI is InChI=1S/C15H28N2O/c1-4-8-13-16-12(5-2)14(18)17(13)11-15(3)9-6-7-10-15/h12-13,16H,4-11H2,1-3H3. The van der Waals surface area contributed by atoms with Gasteiger partial charge in [0, 0.05) is 6.54 Å². The molecule has 2 unspecified atom stereocenters. The second-order valence-electron chi connectivity index (χ2n) is 6.42. The molecular formula is C15H28N2O. The first-order valence-corrected chi connectivity index (χ1v) is 7.66. The first-order valence-electron chi connectivity index (χ1n) is 7.66. The molecule has 1 amide bonds. The molecule has 2 atom stereocenters. The summed E-state index contributed by atoms with van der Waals surface area (Å²) in [6.07, 6.45) is 8.64. The molecule has 0 spiro atoms. The Kier molecular flexibility index (Phi) is 4.31. The van der Waals surface area contributed by atoms with E-state index in [1.165, 1.54) is 25.7 Å². The summed E-state index contributed by atoms with van der Waals surface area (Å²) in [4.78, 5) is 14.6. The van der Waals surface area contributed by atoms with Gasteiger partial charge in [0.1, 0.15) is 0 Å².